The molecular weight excluding hydrogens is 438 g/mol. The molecular formula is C24H26ClN7O. The molecule has 9 heteroatoms. The van der Waals surface area contributed by atoms with Gasteiger partial charge in [-0.1, -0.05) is 41.9 Å². The van der Waals surface area contributed by atoms with Gasteiger partial charge in [0, 0.05) is 43.4 Å². The summed E-state index contributed by atoms with van der Waals surface area (Å²) >= 11 is 6.33. The lowest BCUT2D eigenvalue weighted by atomic mass is 9.95. The summed E-state index contributed by atoms with van der Waals surface area (Å²) in [6.45, 7) is 2.80. The van der Waals surface area contributed by atoms with Crippen LogP contribution in [-0.2, 0) is 6.54 Å². The Morgan fingerprint density at radius 2 is 2.03 bits per heavy atom. The Balaban J connectivity index is 1.31. The first-order valence-corrected chi connectivity index (χ1v) is 11.5. The number of pyridine rings is 1. The van der Waals surface area contributed by atoms with Gasteiger partial charge in [0.25, 0.3) is 0 Å². The van der Waals surface area contributed by atoms with E-state index in [9.17, 15) is 5.11 Å². The van der Waals surface area contributed by atoms with Crippen LogP contribution in [0, 0.1) is 5.92 Å². The van der Waals surface area contributed by atoms with Crippen LogP contribution in [-0.4, -0.2) is 50.4 Å². The minimum Gasteiger partial charge on any atom is -0.391 e. The smallest absolute Gasteiger partial charge is 0.178 e. The molecule has 0 radical (unpaired) electrons. The number of nitrogens with one attached hydrogen (secondary N) is 3. The molecule has 0 saturated carbocycles. The van der Waals surface area contributed by atoms with Gasteiger partial charge in [-0.2, -0.15) is 9.61 Å². The fourth-order valence-electron chi connectivity index (χ4n) is 4.04. The topological polar surface area (TPSA) is 99.4 Å². The number of aromatic nitrogens is 4. The molecule has 0 spiro atoms. The van der Waals surface area contributed by atoms with Crippen molar-refractivity contribution in [2.75, 3.05) is 30.3 Å². The SMILES string of the molecule is O[C@H]1CNCC[C@@H]1CNc1cc(NCc2ccc(-c3ccccn3)cc2)n2ncc(Cl)c2n1. The van der Waals surface area contributed by atoms with E-state index in [-0.39, 0.29) is 12.0 Å². The molecule has 1 aliphatic rings. The van der Waals surface area contributed by atoms with Crippen LogP contribution in [0.3, 0.4) is 0 Å². The van der Waals surface area contributed by atoms with Crippen LogP contribution >= 0.6 is 11.6 Å². The number of rotatable bonds is 7. The normalized spacial score (nSPS) is 18.4. The molecule has 33 heavy (non-hydrogen) atoms. The van der Waals surface area contributed by atoms with Crippen LogP contribution in [0.15, 0.2) is 60.9 Å². The molecule has 5 rings (SSSR count). The minimum atomic E-state index is -0.361. The van der Waals surface area contributed by atoms with Crippen molar-refractivity contribution >= 4 is 28.9 Å². The maximum absolute atomic E-state index is 10.2. The number of anilines is 2. The Bertz CT molecular complexity index is 1210. The van der Waals surface area contributed by atoms with E-state index in [4.69, 9.17) is 11.6 Å². The van der Waals surface area contributed by atoms with Crippen molar-refractivity contribution < 1.29 is 5.11 Å². The van der Waals surface area contributed by atoms with Crippen molar-refractivity contribution in [1.29, 1.82) is 0 Å². The monoisotopic (exact) mass is 463 g/mol. The van der Waals surface area contributed by atoms with E-state index in [1.165, 1.54) is 0 Å². The van der Waals surface area contributed by atoms with Crippen LogP contribution in [0.4, 0.5) is 11.6 Å². The maximum Gasteiger partial charge on any atom is 0.178 e. The number of halogens is 1. The largest absolute Gasteiger partial charge is 0.391 e. The van der Waals surface area contributed by atoms with E-state index >= 15 is 0 Å². The molecule has 170 valence electrons. The highest BCUT2D eigenvalue weighted by atomic mass is 35.5. The Morgan fingerprint density at radius 3 is 2.82 bits per heavy atom. The summed E-state index contributed by atoms with van der Waals surface area (Å²) in [4.78, 5) is 9.02. The first kappa shape index (κ1) is 21.6. The molecule has 1 aliphatic heterocycles. The fourth-order valence-corrected chi connectivity index (χ4v) is 4.21. The van der Waals surface area contributed by atoms with Gasteiger partial charge in [0.15, 0.2) is 5.65 Å². The van der Waals surface area contributed by atoms with Gasteiger partial charge in [-0.3, -0.25) is 4.98 Å². The molecule has 1 saturated heterocycles. The Hall–Kier alpha value is -3.20. The summed E-state index contributed by atoms with van der Waals surface area (Å²) in [5, 5.41) is 25.1. The lowest BCUT2D eigenvalue weighted by Gasteiger charge is -2.28. The molecule has 1 aromatic carbocycles. The van der Waals surface area contributed by atoms with Crippen molar-refractivity contribution in [3.63, 3.8) is 0 Å². The number of β-amino-alcohol motifs (C(OH)–C–C–N with tert-alkyl or cyclic N) is 1. The Kier molecular flexibility index (Phi) is 6.39. The van der Waals surface area contributed by atoms with Gasteiger partial charge >= 0.3 is 0 Å². The van der Waals surface area contributed by atoms with E-state index in [1.807, 2.05) is 24.3 Å². The van der Waals surface area contributed by atoms with Crippen molar-refractivity contribution in [3.8, 4) is 11.3 Å². The average Bonchev–Trinajstić information content (AvgIpc) is 3.23. The second-order valence-electron chi connectivity index (χ2n) is 8.22. The van der Waals surface area contributed by atoms with Crippen LogP contribution in [0.5, 0.6) is 0 Å². The predicted octanol–water partition coefficient (Wildman–Crippen LogP) is 3.44. The van der Waals surface area contributed by atoms with Crippen molar-refractivity contribution in [2.24, 2.45) is 5.92 Å². The first-order valence-electron chi connectivity index (χ1n) is 11.1. The van der Waals surface area contributed by atoms with Crippen molar-refractivity contribution in [2.45, 2.75) is 19.1 Å². The number of fused-ring (bicyclic) bond motifs is 1. The molecule has 4 aromatic rings. The third-order valence-electron chi connectivity index (χ3n) is 5.95. The lowest BCUT2D eigenvalue weighted by Crippen LogP contribution is -2.43. The number of aliphatic hydroxyl groups excluding tert-OH is 1. The quantitative estimate of drug-likeness (QED) is 0.333. The summed E-state index contributed by atoms with van der Waals surface area (Å²) in [5.74, 6) is 1.66. The van der Waals surface area contributed by atoms with E-state index in [0.29, 0.717) is 36.1 Å². The molecule has 0 aliphatic carbocycles. The highest BCUT2D eigenvalue weighted by Gasteiger charge is 2.22. The number of nitrogens with zero attached hydrogens (tertiary/aromatic N) is 4. The molecule has 3 aromatic heterocycles. The third kappa shape index (κ3) is 4.93. The Morgan fingerprint density at radius 1 is 1.15 bits per heavy atom. The highest BCUT2D eigenvalue weighted by Crippen LogP contribution is 2.24. The van der Waals surface area contributed by atoms with Gasteiger partial charge in [-0.25, -0.2) is 4.98 Å². The average molecular weight is 464 g/mol. The molecule has 0 amide bonds. The molecule has 0 bridgehead atoms. The summed E-state index contributed by atoms with van der Waals surface area (Å²) in [6, 6.07) is 16.1. The van der Waals surface area contributed by atoms with Gasteiger partial charge < -0.3 is 21.1 Å². The zero-order chi connectivity index (χ0) is 22.6. The third-order valence-corrected chi connectivity index (χ3v) is 6.22. The predicted molar refractivity (Wildman–Crippen MR) is 130 cm³/mol. The first-order chi connectivity index (χ1) is 16.2. The van der Waals surface area contributed by atoms with E-state index < -0.39 is 0 Å². The van der Waals surface area contributed by atoms with E-state index in [1.54, 1.807) is 16.9 Å². The number of aliphatic hydroxyl groups is 1. The number of hydrogen-bond donors (Lipinski definition) is 4. The fraction of sp³-hybridized carbons (Fsp3) is 0.292. The van der Waals surface area contributed by atoms with Gasteiger partial charge in [0.1, 0.15) is 16.7 Å². The molecule has 4 N–H and O–H groups in total. The van der Waals surface area contributed by atoms with Crippen LogP contribution < -0.4 is 16.0 Å². The molecule has 1 fully saturated rings. The van der Waals surface area contributed by atoms with Gasteiger partial charge in [0.2, 0.25) is 0 Å². The van der Waals surface area contributed by atoms with Gasteiger partial charge in [-0.15, -0.1) is 0 Å². The molecule has 8 nitrogen and oxygen atoms in total. The second kappa shape index (κ2) is 9.74. The molecule has 0 unspecified atom stereocenters. The van der Waals surface area contributed by atoms with Crippen molar-refractivity contribution in [3.05, 3.63) is 71.5 Å². The zero-order valence-corrected chi connectivity index (χ0v) is 18.8. The molecule has 4 heterocycles. The summed E-state index contributed by atoms with van der Waals surface area (Å²) in [5.41, 5.74) is 3.75. The number of hydrogen-bond acceptors (Lipinski definition) is 7. The highest BCUT2D eigenvalue weighted by molar-refractivity contribution is 6.33. The van der Waals surface area contributed by atoms with Gasteiger partial charge in [-0.05, 0) is 30.7 Å². The van der Waals surface area contributed by atoms with Gasteiger partial charge in [0.05, 0.1) is 18.0 Å². The maximum atomic E-state index is 10.2. The standard InChI is InChI=1S/C24H26ClN7O/c25-19-14-30-32-23(11-22(31-24(19)32)28-13-18-8-10-26-15-21(18)33)29-12-16-4-6-17(7-5-16)20-3-1-2-9-27-20/h1-7,9,11,14,18,21,26,29,33H,8,10,12-13,15H2,(H,28,31)/t18-,21+/m1/s1. The van der Waals surface area contributed by atoms with E-state index in [0.717, 1.165) is 35.6 Å². The van der Waals surface area contributed by atoms with Crippen LogP contribution in [0.1, 0.15) is 12.0 Å². The van der Waals surface area contributed by atoms with Crippen LogP contribution in [0.25, 0.3) is 16.9 Å². The number of piperidine rings is 1. The molecule has 2 atom stereocenters. The number of benzene rings is 1. The second-order valence-corrected chi connectivity index (χ2v) is 8.63. The zero-order valence-electron chi connectivity index (χ0n) is 18.1. The lowest BCUT2D eigenvalue weighted by molar-refractivity contribution is 0.0883. The minimum absolute atomic E-state index is 0.179. The summed E-state index contributed by atoms with van der Waals surface area (Å²) in [6.07, 6.45) is 3.95. The van der Waals surface area contributed by atoms with Crippen molar-refractivity contribution in [1.82, 2.24) is 24.9 Å². The Labute approximate surface area is 197 Å². The summed E-state index contributed by atoms with van der Waals surface area (Å²) in [7, 11) is 0. The van der Waals surface area contributed by atoms with E-state index in [2.05, 4.69) is 55.3 Å². The summed E-state index contributed by atoms with van der Waals surface area (Å²) < 4.78 is 1.70. The van der Waals surface area contributed by atoms with Crippen LogP contribution in [0.2, 0.25) is 5.02 Å².